The summed E-state index contributed by atoms with van der Waals surface area (Å²) in [6.07, 6.45) is 19.6. The second kappa shape index (κ2) is 49.2. The van der Waals surface area contributed by atoms with Crippen molar-refractivity contribution in [3.8, 4) is 0 Å². The van der Waals surface area contributed by atoms with E-state index in [1.54, 1.807) is 48.6 Å². The van der Waals surface area contributed by atoms with Gasteiger partial charge in [-0.15, -0.1) is 52.6 Å². The molecule has 0 aromatic carbocycles. The summed E-state index contributed by atoms with van der Waals surface area (Å²) < 4.78 is 42.1. The molecule has 0 spiro atoms. The minimum atomic E-state index is -0.888. The zero-order valence-corrected chi connectivity index (χ0v) is 40.4. The van der Waals surface area contributed by atoms with Gasteiger partial charge in [-0.25, -0.2) is 0 Å². The topological polar surface area (TPSA) is 155 Å². The van der Waals surface area contributed by atoms with Gasteiger partial charge in [-0.1, -0.05) is 102 Å². The monoisotopic (exact) mass is 905 g/mol. The Balaban J connectivity index is -0.000000227. The molecule has 61 heavy (non-hydrogen) atoms. The Kier molecular flexibility index (Phi) is 55.0. The van der Waals surface area contributed by atoms with E-state index in [1.807, 2.05) is 27.7 Å². The molecule has 0 aliphatic carbocycles. The summed E-state index contributed by atoms with van der Waals surface area (Å²) in [6.45, 7) is 42.4. The van der Waals surface area contributed by atoms with E-state index in [2.05, 4.69) is 52.6 Å². The first-order valence-electron chi connectivity index (χ1n) is 21.1. The molecule has 0 radical (unpaired) electrons. The Morgan fingerprint density at radius 2 is 0.410 bits per heavy atom. The van der Waals surface area contributed by atoms with Gasteiger partial charge in [-0.3, -0.25) is 0 Å². The predicted octanol–water partition coefficient (Wildman–Crippen LogP) is 7.69. The summed E-state index contributed by atoms with van der Waals surface area (Å²) in [5, 5.41) is 40.6. The summed E-state index contributed by atoms with van der Waals surface area (Å²) in [6, 6.07) is 0. The van der Waals surface area contributed by atoms with Crippen molar-refractivity contribution in [2.45, 2.75) is 101 Å². The van der Waals surface area contributed by atoms with Crippen LogP contribution in [0.2, 0.25) is 0 Å². The second-order valence-corrected chi connectivity index (χ2v) is 14.3. The predicted molar refractivity (Wildman–Crippen MR) is 248 cm³/mol. The molecular weight excluding hydrogens is 816 g/mol. The molecule has 0 rings (SSSR count). The zero-order valence-electron chi connectivity index (χ0n) is 38.8. The van der Waals surface area contributed by atoms with E-state index in [9.17, 15) is 20.4 Å². The van der Waals surface area contributed by atoms with Crippen molar-refractivity contribution < 1.29 is 80.0 Å². The standard InChI is InChI=1S/4C12H22O3.Ti/c4*1-4-7-12(13,10-14-8-5-2)11-15-9-6-3;/h4*5-6,13H,2-4,7-11H2,1H3;. The van der Waals surface area contributed by atoms with Gasteiger partial charge in [-0.2, -0.15) is 0 Å². The van der Waals surface area contributed by atoms with Crippen molar-refractivity contribution in [1.29, 1.82) is 0 Å². The van der Waals surface area contributed by atoms with Crippen molar-refractivity contribution in [2.75, 3.05) is 106 Å². The molecule has 0 saturated heterocycles. The van der Waals surface area contributed by atoms with Crippen LogP contribution in [0.5, 0.6) is 0 Å². The Hall–Kier alpha value is -1.85. The number of ether oxygens (including phenoxy) is 8. The molecule has 0 aliphatic rings. The van der Waals surface area contributed by atoms with E-state index < -0.39 is 22.4 Å². The van der Waals surface area contributed by atoms with E-state index in [0.29, 0.717) is 78.5 Å². The number of rotatable bonds is 40. The van der Waals surface area contributed by atoms with Crippen LogP contribution in [0.25, 0.3) is 0 Å². The van der Waals surface area contributed by atoms with E-state index in [-0.39, 0.29) is 74.6 Å². The average molecular weight is 905 g/mol. The van der Waals surface area contributed by atoms with E-state index in [1.165, 1.54) is 0 Å². The van der Waals surface area contributed by atoms with Gasteiger partial charge < -0.3 is 58.3 Å². The fraction of sp³-hybridized carbons (Fsp3) is 0.667. The first-order chi connectivity index (χ1) is 28.7. The molecule has 0 aromatic rings. The minimum Gasteiger partial charge on any atom is -0.385 e. The Bertz CT molecular complexity index is 822. The molecular formula is C48H88O12Ti. The molecule has 356 valence electrons. The Morgan fingerprint density at radius 3 is 0.492 bits per heavy atom. The molecule has 0 atom stereocenters. The van der Waals surface area contributed by atoms with Crippen LogP contribution in [0.15, 0.2) is 101 Å². The minimum absolute atomic E-state index is 0. The van der Waals surface area contributed by atoms with Crippen molar-refractivity contribution in [1.82, 2.24) is 0 Å². The van der Waals surface area contributed by atoms with E-state index in [4.69, 9.17) is 37.9 Å². The molecule has 0 unspecified atom stereocenters. The first-order valence-corrected chi connectivity index (χ1v) is 21.1. The van der Waals surface area contributed by atoms with Gasteiger partial charge in [0, 0.05) is 21.7 Å². The van der Waals surface area contributed by atoms with Crippen molar-refractivity contribution in [2.24, 2.45) is 0 Å². The zero-order chi connectivity index (χ0) is 46.3. The fourth-order valence-corrected chi connectivity index (χ4v) is 5.26. The normalized spacial score (nSPS) is 11.1. The molecule has 0 saturated carbocycles. The second-order valence-electron chi connectivity index (χ2n) is 14.3. The third-order valence-corrected chi connectivity index (χ3v) is 7.71. The summed E-state index contributed by atoms with van der Waals surface area (Å²) in [5.41, 5.74) is -3.55. The van der Waals surface area contributed by atoms with Crippen LogP contribution >= 0.6 is 0 Å². The van der Waals surface area contributed by atoms with Gasteiger partial charge in [0.2, 0.25) is 0 Å². The van der Waals surface area contributed by atoms with Crippen molar-refractivity contribution in [3.05, 3.63) is 101 Å². The van der Waals surface area contributed by atoms with Gasteiger partial charge in [-0.05, 0) is 25.7 Å². The molecule has 0 aromatic heterocycles. The molecule has 13 heteroatoms. The van der Waals surface area contributed by atoms with Gasteiger partial charge >= 0.3 is 0 Å². The Morgan fingerprint density at radius 1 is 0.295 bits per heavy atom. The van der Waals surface area contributed by atoms with E-state index in [0.717, 1.165) is 25.7 Å². The third kappa shape index (κ3) is 47.5. The third-order valence-electron chi connectivity index (χ3n) is 7.71. The molecule has 0 amide bonds. The number of aliphatic hydroxyl groups is 4. The van der Waals surface area contributed by atoms with Gasteiger partial charge in [0.1, 0.15) is 22.4 Å². The Labute approximate surface area is 386 Å². The van der Waals surface area contributed by atoms with Gasteiger partial charge in [0.05, 0.1) is 106 Å². The van der Waals surface area contributed by atoms with Crippen LogP contribution in [0.1, 0.15) is 79.1 Å². The maximum atomic E-state index is 10.1. The molecule has 0 bridgehead atoms. The fourth-order valence-electron chi connectivity index (χ4n) is 5.26. The molecule has 0 heterocycles. The average Bonchev–Trinajstić information content (AvgIpc) is 3.20. The first kappa shape index (κ1) is 68.2. The summed E-state index contributed by atoms with van der Waals surface area (Å²) in [4.78, 5) is 0. The van der Waals surface area contributed by atoms with Crippen LogP contribution in [0.3, 0.4) is 0 Å². The molecule has 0 aliphatic heterocycles. The maximum absolute atomic E-state index is 10.1. The number of hydrogen-bond acceptors (Lipinski definition) is 12. The summed E-state index contributed by atoms with van der Waals surface area (Å²) in [7, 11) is 0. The van der Waals surface area contributed by atoms with Crippen LogP contribution in [0.4, 0.5) is 0 Å². The largest absolute Gasteiger partial charge is 0.385 e. The molecule has 12 nitrogen and oxygen atoms in total. The molecule has 4 N–H and O–H groups in total. The van der Waals surface area contributed by atoms with Crippen LogP contribution in [-0.2, 0) is 59.6 Å². The summed E-state index contributed by atoms with van der Waals surface area (Å²) >= 11 is 0. The van der Waals surface area contributed by atoms with Crippen molar-refractivity contribution in [3.63, 3.8) is 0 Å². The van der Waals surface area contributed by atoms with Crippen molar-refractivity contribution >= 4 is 0 Å². The summed E-state index contributed by atoms with van der Waals surface area (Å²) in [5.74, 6) is 0. The SMILES string of the molecule is C=CCOCC(O)(CCC)COCC=C.C=CCOCC(O)(CCC)COCC=C.C=CCOCC(O)(CCC)COCC=C.C=CCOCC(O)(CCC)COCC=C.[Ti]. The van der Waals surface area contributed by atoms with Crippen LogP contribution in [-0.4, -0.2) is 149 Å². The smallest absolute Gasteiger partial charge is 0.111 e. The van der Waals surface area contributed by atoms with E-state index >= 15 is 0 Å². The molecule has 0 fully saturated rings. The van der Waals surface area contributed by atoms with Crippen LogP contribution < -0.4 is 0 Å². The van der Waals surface area contributed by atoms with Crippen LogP contribution in [0, 0.1) is 0 Å². The van der Waals surface area contributed by atoms with Gasteiger partial charge in [0.15, 0.2) is 0 Å². The maximum Gasteiger partial charge on any atom is 0.111 e. The van der Waals surface area contributed by atoms with Gasteiger partial charge in [0.25, 0.3) is 0 Å². The quantitative estimate of drug-likeness (QED) is 0.0271. The number of hydrogen-bond donors (Lipinski definition) is 4.